The zero-order chi connectivity index (χ0) is 18.4. The van der Waals surface area contributed by atoms with Crippen LogP contribution < -0.4 is 10.6 Å². The van der Waals surface area contributed by atoms with E-state index in [9.17, 15) is 5.11 Å². The topological polar surface area (TPSA) is 69.8 Å². The Hall–Kier alpha value is -2.27. The summed E-state index contributed by atoms with van der Waals surface area (Å²) < 4.78 is 5.54. The van der Waals surface area contributed by atoms with Gasteiger partial charge in [0.2, 0.25) is 0 Å². The maximum Gasteiger partial charge on any atom is 0.191 e. The predicted molar refractivity (Wildman–Crippen MR) is 102 cm³/mol. The van der Waals surface area contributed by atoms with E-state index in [2.05, 4.69) is 40.7 Å². The normalized spacial score (nSPS) is 14.2. The zero-order valence-electron chi connectivity index (χ0n) is 15.8. The average molecular weight is 343 g/mol. The van der Waals surface area contributed by atoms with E-state index < -0.39 is 5.60 Å². The van der Waals surface area contributed by atoms with Gasteiger partial charge in [0, 0.05) is 12.1 Å². The van der Waals surface area contributed by atoms with Gasteiger partial charge in [-0.3, -0.25) is 0 Å². The first kappa shape index (κ1) is 19.1. The molecule has 0 aliphatic rings. The Labute approximate surface area is 150 Å². The van der Waals surface area contributed by atoms with Crippen molar-refractivity contribution >= 4 is 5.96 Å². The van der Waals surface area contributed by atoms with Crippen LogP contribution in [0.4, 0.5) is 0 Å². The molecule has 0 bridgehead atoms. The van der Waals surface area contributed by atoms with Gasteiger partial charge in [-0.25, -0.2) is 4.99 Å². The minimum absolute atomic E-state index is 0.340. The fourth-order valence-corrected chi connectivity index (χ4v) is 2.84. The lowest BCUT2D eigenvalue weighted by Gasteiger charge is -2.24. The predicted octanol–water partition coefficient (Wildman–Crippen LogP) is 3.17. The maximum atomic E-state index is 10.8. The first-order valence-electron chi connectivity index (χ1n) is 8.69. The van der Waals surface area contributed by atoms with Crippen LogP contribution in [0.2, 0.25) is 0 Å². The Morgan fingerprint density at radius 2 is 1.96 bits per heavy atom. The summed E-state index contributed by atoms with van der Waals surface area (Å²) in [6.45, 7) is 11.3. The molecule has 0 amide bonds. The number of hydrogen-bond donors (Lipinski definition) is 3. The second kappa shape index (κ2) is 8.21. The molecule has 1 heterocycles. The monoisotopic (exact) mass is 343 g/mol. The van der Waals surface area contributed by atoms with Crippen molar-refractivity contribution in [3.8, 4) is 0 Å². The van der Waals surface area contributed by atoms with Gasteiger partial charge >= 0.3 is 0 Å². The molecule has 0 radical (unpaired) electrons. The zero-order valence-corrected chi connectivity index (χ0v) is 15.8. The number of rotatable bonds is 6. The second-order valence-electron chi connectivity index (χ2n) is 6.64. The number of benzene rings is 1. The molecule has 1 atom stereocenters. The molecule has 2 rings (SSSR count). The molecule has 0 aliphatic carbocycles. The minimum Gasteiger partial charge on any atom is -0.466 e. The molecule has 0 aliphatic heterocycles. The summed E-state index contributed by atoms with van der Waals surface area (Å²) in [5, 5.41) is 17.3. The lowest BCUT2D eigenvalue weighted by Crippen LogP contribution is -2.44. The third kappa shape index (κ3) is 5.36. The molecule has 136 valence electrons. The van der Waals surface area contributed by atoms with Gasteiger partial charge in [-0.2, -0.15) is 0 Å². The van der Waals surface area contributed by atoms with E-state index in [1.807, 2.05) is 32.9 Å². The van der Waals surface area contributed by atoms with Crippen molar-refractivity contribution in [2.45, 2.75) is 46.8 Å². The molecule has 25 heavy (non-hydrogen) atoms. The summed E-state index contributed by atoms with van der Waals surface area (Å²) in [5.41, 5.74) is 2.14. The second-order valence-corrected chi connectivity index (χ2v) is 6.64. The van der Waals surface area contributed by atoms with Crippen molar-refractivity contribution in [2.24, 2.45) is 4.99 Å². The average Bonchev–Trinajstić information content (AvgIpc) is 2.89. The van der Waals surface area contributed by atoms with Gasteiger partial charge in [0.05, 0.1) is 13.1 Å². The molecular weight excluding hydrogens is 314 g/mol. The van der Waals surface area contributed by atoms with Gasteiger partial charge < -0.3 is 20.2 Å². The fraction of sp³-hybridized carbons (Fsp3) is 0.450. The third-order valence-electron chi connectivity index (χ3n) is 4.07. The van der Waals surface area contributed by atoms with Gasteiger partial charge in [0.25, 0.3) is 0 Å². The lowest BCUT2D eigenvalue weighted by atomic mass is 9.96. The van der Waals surface area contributed by atoms with Crippen molar-refractivity contribution in [1.82, 2.24) is 10.6 Å². The van der Waals surface area contributed by atoms with Crippen LogP contribution in [0, 0.1) is 20.8 Å². The highest BCUT2D eigenvalue weighted by molar-refractivity contribution is 5.79. The summed E-state index contributed by atoms with van der Waals surface area (Å²) in [4.78, 5) is 4.61. The van der Waals surface area contributed by atoms with Crippen LogP contribution in [-0.2, 0) is 12.1 Å². The molecule has 0 saturated heterocycles. The summed E-state index contributed by atoms with van der Waals surface area (Å²) >= 11 is 0. The van der Waals surface area contributed by atoms with Crippen molar-refractivity contribution in [3.63, 3.8) is 0 Å². The summed E-state index contributed by atoms with van der Waals surface area (Å²) in [7, 11) is 0. The van der Waals surface area contributed by atoms with Crippen LogP contribution in [0.25, 0.3) is 0 Å². The molecular formula is C20H29N3O2. The first-order chi connectivity index (χ1) is 11.8. The molecule has 0 spiro atoms. The molecule has 5 nitrogen and oxygen atoms in total. The molecule has 0 fully saturated rings. The first-order valence-corrected chi connectivity index (χ1v) is 8.69. The van der Waals surface area contributed by atoms with Crippen molar-refractivity contribution < 1.29 is 9.52 Å². The van der Waals surface area contributed by atoms with E-state index in [1.54, 1.807) is 6.92 Å². The lowest BCUT2D eigenvalue weighted by molar-refractivity contribution is 0.0601. The Bertz CT molecular complexity index is 732. The summed E-state index contributed by atoms with van der Waals surface area (Å²) in [5.74, 6) is 2.22. The molecule has 2 aromatic rings. The number of furan rings is 1. The smallest absolute Gasteiger partial charge is 0.191 e. The number of aliphatic imine (C=N–C) groups is 1. The highest BCUT2D eigenvalue weighted by Gasteiger charge is 2.27. The van der Waals surface area contributed by atoms with Crippen LogP contribution in [0.5, 0.6) is 0 Å². The standard InChI is InChI=1S/C20H29N3O2/c1-6-21-19(22-12-17-9-7-8-14(2)10-17)23-13-20(5,24)18-11-15(3)25-16(18)4/h7-11,24H,6,12-13H2,1-5H3,(H2,21,22,23). The van der Waals surface area contributed by atoms with Crippen molar-refractivity contribution in [2.75, 3.05) is 13.1 Å². The van der Waals surface area contributed by atoms with E-state index in [4.69, 9.17) is 4.42 Å². The fourth-order valence-electron chi connectivity index (χ4n) is 2.84. The summed E-state index contributed by atoms with van der Waals surface area (Å²) in [6.07, 6.45) is 0. The third-order valence-corrected chi connectivity index (χ3v) is 4.07. The van der Waals surface area contributed by atoms with Gasteiger partial charge in [-0.15, -0.1) is 0 Å². The molecule has 1 aromatic heterocycles. The highest BCUT2D eigenvalue weighted by atomic mass is 16.3. The number of aliphatic hydroxyl groups is 1. The number of nitrogens with zero attached hydrogens (tertiary/aromatic N) is 1. The molecule has 3 N–H and O–H groups in total. The van der Waals surface area contributed by atoms with E-state index in [0.29, 0.717) is 19.0 Å². The van der Waals surface area contributed by atoms with Crippen LogP contribution in [0.15, 0.2) is 39.7 Å². The number of hydrogen-bond acceptors (Lipinski definition) is 3. The number of guanidine groups is 1. The molecule has 1 unspecified atom stereocenters. The maximum absolute atomic E-state index is 10.8. The van der Waals surface area contributed by atoms with Crippen LogP contribution in [-0.4, -0.2) is 24.2 Å². The molecule has 1 aromatic carbocycles. The molecule has 5 heteroatoms. The SMILES string of the molecule is CCNC(=NCc1cccc(C)c1)NCC(C)(O)c1cc(C)oc1C. The Morgan fingerprint density at radius 1 is 1.20 bits per heavy atom. The quantitative estimate of drug-likeness (QED) is 0.557. The van der Waals surface area contributed by atoms with Crippen LogP contribution in [0.1, 0.15) is 42.1 Å². The molecule has 0 saturated carbocycles. The Morgan fingerprint density at radius 3 is 2.56 bits per heavy atom. The van der Waals surface area contributed by atoms with Crippen molar-refractivity contribution in [3.05, 3.63) is 58.5 Å². The van der Waals surface area contributed by atoms with Crippen LogP contribution >= 0.6 is 0 Å². The van der Waals surface area contributed by atoms with E-state index in [0.717, 1.165) is 29.2 Å². The van der Waals surface area contributed by atoms with Gasteiger partial charge in [-0.05, 0) is 46.2 Å². The Kier molecular flexibility index (Phi) is 6.26. The number of aryl methyl sites for hydroxylation is 3. The van der Waals surface area contributed by atoms with Gasteiger partial charge in [-0.1, -0.05) is 29.8 Å². The van der Waals surface area contributed by atoms with E-state index in [1.165, 1.54) is 5.56 Å². The van der Waals surface area contributed by atoms with Crippen molar-refractivity contribution in [1.29, 1.82) is 0 Å². The van der Waals surface area contributed by atoms with Gasteiger partial charge in [0.1, 0.15) is 17.1 Å². The van der Waals surface area contributed by atoms with E-state index >= 15 is 0 Å². The summed E-state index contributed by atoms with van der Waals surface area (Å²) in [6, 6.07) is 10.2. The largest absolute Gasteiger partial charge is 0.466 e. The van der Waals surface area contributed by atoms with Gasteiger partial charge in [0.15, 0.2) is 5.96 Å². The Balaban J connectivity index is 2.05. The van der Waals surface area contributed by atoms with Crippen LogP contribution in [0.3, 0.4) is 0 Å². The minimum atomic E-state index is -1.04. The highest BCUT2D eigenvalue weighted by Crippen LogP contribution is 2.26. The number of nitrogens with one attached hydrogen (secondary N) is 2. The van der Waals surface area contributed by atoms with E-state index in [-0.39, 0.29) is 0 Å².